The van der Waals surface area contributed by atoms with Crippen LogP contribution in [0.5, 0.6) is 0 Å². The highest BCUT2D eigenvalue weighted by molar-refractivity contribution is 7.18. The molecule has 126 valence electrons. The fourth-order valence-electron chi connectivity index (χ4n) is 3.48. The molecule has 1 aliphatic heterocycles. The van der Waals surface area contributed by atoms with Crippen molar-refractivity contribution in [2.75, 3.05) is 13.1 Å². The fourth-order valence-corrected chi connectivity index (χ4v) is 4.42. The summed E-state index contributed by atoms with van der Waals surface area (Å²) in [6, 6.07) is 11.0. The van der Waals surface area contributed by atoms with E-state index in [1.807, 2.05) is 6.07 Å². The van der Waals surface area contributed by atoms with Crippen LogP contribution in [0.4, 0.5) is 0 Å². The van der Waals surface area contributed by atoms with Gasteiger partial charge < -0.3 is 4.90 Å². The maximum Gasteiger partial charge on any atom is 0.101 e. The molecule has 1 aromatic carbocycles. The van der Waals surface area contributed by atoms with E-state index in [0.29, 0.717) is 11.6 Å². The molecule has 3 heterocycles. The Bertz CT molecular complexity index is 940. The first-order valence-electron chi connectivity index (χ1n) is 8.72. The lowest BCUT2D eigenvalue weighted by Crippen LogP contribution is -2.28. The van der Waals surface area contributed by atoms with Gasteiger partial charge in [0.1, 0.15) is 6.07 Å². The van der Waals surface area contributed by atoms with Crippen molar-refractivity contribution in [3.8, 4) is 17.2 Å². The number of nitrogens with zero attached hydrogens (tertiary/aromatic N) is 4. The first-order chi connectivity index (χ1) is 12.2. The number of benzene rings is 1. The van der Waals surface area contributed by atoms with Crippen LogP contribution < -0.4 is 0 Å². The second kappa shape index (κ2) is 6.91. The van der Waals surface area contributed by atoms with Gasteiger partial charge in [-0.1, -0.05) is 6.07 Å². The first kappa shape index (κ1) is 16.2. The topological polar surface area (TPSA) is 52.8 Å². The van der Waals surface area contributed by atoms with Crippen molar-refractivity contribution in [3.05, 3.63) is 47.2 Å². The van der Waals surface area contributed by atoms with E-state index in [4.69, 9.17) is 10.2 Å². The summed E-state index contributed by atoms with van der Waals surface area (Å²) in [4.78, 5) is 11.6. The Morgan fingerprint density at radius 2 is 2.20 bits per heavy atom. The average molecular weight is 348 g/mol. The molecule has 25 heavy (non-hydrogen) atoms. The molecular weight excluding hydrogens is 328 g/mol. The summed E-state index contributed by atoms with van der Waals surface area (Å²) < 4.78 is 1.22. The number of likely N-dealkylation sites (tertiary alicyclic amines) is 1. The number of pyridine rings is 1. The van der Waals surface area contributed by atoms with Gasteiger partial charge in [-0.05, 0) is 50.1 Å². The summed E-state index contributed by atoms with van der Waals surface area (Å²) in [5.41, 5.74) is 3.63. The van der Waals surface area contributed by atoms with Crippen molar-refractivity contribution in [3.63, 3.8) is 0 Å². The molecule has 1 fully saturated rings. The lowest BCUT2D eigenvalue weighted by atomic mass is 10.1. The monoisotopic (exact) mass is 348 g/mol. The molecule has 0 aliphatic carbocycles. The third-order valence-electron chi connectivity index (χ3n) is 4.94. The van der Waals surface area contributed by atoms with Crippen LogP contribution in [0.1, 0.15) is 30.3 Å². The highest BCUT2D eigenvalue weighted by Crippen LogP contribution is 2.28. The van der Waals surface area contributed by atoms with Crippen LogP contribution in [0.3, 0.4) is 0 Å². The molecule has 0 unspecified atom stereocenters. The van der Waals surface area contributed by atoms with E-state index in [1.165, 1.54) is 29.1 Å². The van der Waals surface area contributed by atoms with Gasteiger partial charge in [-0.2, -0.15) is 5.26 Å². The normalized spacial score (nSPS) is 17.8. The third-order valence-corrected chi connectivity index (χ3v) is 6.03. The largest absolute Gasteiger partial charge is 0.300 e. The second-order valence-electron chi connectivity index (χ2n) is 6.64. The van der Waals surface area contributed by atoms with E-state index < -0.39 is 0 Å². The third kappa shape index (κ3) is 3.41. The summed E-state index contributed by atoms with van der Waals surface area (Å²) in [5, 5.41) is 10.3. The zero-order valence-corrected chi connectivity index (χ0v) is 15.1. The highest BCUT2D eigenvalue weighted by atomic mass is 32.1. The summed E-state index contributed by atoms with van der Waals surface area (Å²) in [7, 11) is 0. The van der Waals surface area contributed by atoms with Crippen LogP contribution >= 0.6 is 11.3 Å². The number of hydrogen-bond acceptors (Lipinski definition) is 5. The molecule has 4 nitrogen and oxygen atoms in total. The van der Waals surface area contributed by atoms with Gasteiger partial charge in [0.25, 0.3) is 0 Å². The molecule has 4 rings (SSSR count). The highest BCUT2D eigenvalue weighted by Gasteiger charge is 2.20. The van der Waals surface area contributed by atoms with Crippen molar-refractivity contribution in [2.24, 2.45) is 0 Å². The summed E-state index contributed by atoms with van der Waals surface area (Å²) in [5.74, 6) is 0. The molecule has 0 saturated carbocycles. The number of rotatable bonds is 4. The molecule has 0 radical (unpaired) electrons. The number of nitriles is 1. The first-order valence-corrected chi connectivity index (χ1v) is 9.53. The van der Waals surface area contributed by atoms with Crippen LogP contribution in [-0.2, 0) is 6.42 Å². The molecule has 1 atom stereocenters. The minimum absolute atomic E-state index is 0.580. The Labute approximate surface area is 151 Å². The zero-order valence-electron chi connectivity index (χ0n) is 14.3. The number of thiazole rings is 1. The molecule has 2 aromatic heterocycles. The van der Waals surface area contributed by atoms with Gasteiger partial charge in [0.2, 0.25) is 0 Å². The van der Waals surface area contributed by atoms with Gasteiger partial charge in [0, 0.05) is 37.0 Å². The van der Waals surface area contributed by atoms with E-state index in [0.717, 1.165) is 29.6 Å². The van der Waals surface area contributed by atoms with E-state index >= 15 is 0 Å². The van der Waals surface area contributed by atoms with Gasteiger partial charge >= 0.3 is 0 Å². The SMILES string of the molecule is C[C@@H]1CCCN1CCc1nc2cc(-c3cncc(C#N)c3)ccc2s1. The zero-order chi connectivity index (χ0) is 17.2. The molecule has 0 amide bonds. The average Bonchev–Trinajstić information content (AvgIpc) is 3.24. The molecule has 1 saturated heterocycles. The van der Waals surface area contributed by atoms with Crippen molar-refractivity contribution in [2.45, 2.75) is 32.2 Å². The Hall–Kier alpha value is -2.29. The fraction of sp³-hybridized carbons (Fsp3) is 0.350. The van der Waals surface area contributed by atoms with Crippen molar-refractivity contribution >= 4 is 21.6 Å². The standard InChI is InChI=1S/C20H20N4S/c1-14-3-2-7-24(14)8-6-20-23-18-10-16(4-5-19(18)25-20)17-9-15(11-21)12-22-13-17/h4-5,9-10,12-14H,2-3,6-8H2,1H3/t14-/m1/s1. The maximum absolute atomic E-state index is 9.05. The van der Waals surface area contributed by atoms with Crippen molar-refractivity contribution < 1.29 is 0 Å². The molecule has 0 N–H and O–H groups in total. The van der Waals surface area contributed by atoms with Gasteiger partial charge in [-0.25, -0.2) is 4.98 Å². The Balaban J connectivity index is 1.55. The van der Waals surface area contributed by atoms with Crippen molar-refractivity contribution in [1.82, 2.24) is 14.9 Å². The van der Waals surface area contributed by atoms with Crippen LogP contribution in [-0.4, -0.2) is 34.0 Å². The smallest absolute Gasteiger partial charge is 0.101 e. The molecule has 0 spiro atoms. The second-order valence-corrected chi connectivity index (χ2v) is 7.76. The maximum atomic E-state index is 9.05. The Kier molecular flexibility index (Phi) is 4.48. The summed E-state index contributed by atoms with van der Waals surface area (Å²) in [6.07, 6.45) is 7.04. The number of aromatic nitrogens is 2. The lowest BCUT2D eigenvalue weighted by molar-refractivity contribution is 0.272. The van der Waals surface area contributed by atoms with E-state index in [-0.39, 0.29) is 0 Å². The van der Waals surface area contributed by atoms with Crippen molar-refractivity contribution in [1.29, 1.82) is 5.26 Å². The van der Waals surface area contributed by atoms with Crippen LogP contribution in [0.25, 0.3) is 21.3 Å². The lowest BCUT2D eigenvalue weighted by Gasteiger charge is -2.19. The molecule has 1 aliphatic rings. The molecular formula is C20H20N4S. The molecule has 3 aromatic rings. The van der Waals surface area contributed by atoms with Gasteiger partial charge in [0.15, 0.2) is 0 Å². The van der Waals surface area contributed by atoms with Gasteiger partial charge in [-0.3, -0.25) is 4.98 Å². The number of hydrogen-bond donors (Lipinski definition) is 0. The predicted molar refractivity (Wildman–Crippen MR) is 102 cm³/mol. The van der Waals surface area contributed by atoms with E-state index in [9.17, 15) is 0 Å². The van der Waals surface area contributed by atoms with Gasteiger partial charge in [-0.15, -0.1) is 11.3 Å². The van der Waals surface area contributed by atoms with Gasteiger partial charge in [0.05, 0.1) is 20.8 Å². The minimum Gasteiger partial charge on any atom is -0.300 e. The molecule has 0 bridgehead atoms. The molecule has 5 heteroatoms. The van der Waals surface area contributed by atoms with E-state index in [1.54, 1.807) is 23.7 Å². The summed E-state index contributed by atoms with van der Waals surface area (Å²) >= 11 is 1.79. The predicted octanol–water partition coefficient (Wildman–Crippen LogP) is 4.26. The minimum atomic E-state index is 0.580. The van der Waals surface area contributed by atoms with E-state index in [2.05, 4.69) is 41.1 Å². The van der Waals surface area contributed by atoms with Crippen LogP contribution in [0.15, 0.2) is 36.7 Å². The quantitative estimate of drug-likeness (QED) is 0.707. The van der Waals surface area contributed by atoms with Crippen LogP contribution in [0.2, 0.25) is 0 Å². The Morgan fingerprint density at radius 3 is 3.00 bits per heavy atom. The number of fused-ring (bicyclic) bond motifs is 1. The van der Waals surface area contributed by atoms with Crippen LogP contribution in [0, 0.1) is 11.3 Å². The summed E-state index contributed by atoms with van der Waals surface area (Å²) in [6.45, 7) is 4.64. The Morgan fingerprint density at radius 1 is 1.28 bits per heavy atom.